The zero-order valence-electron chi connectivity index (χ0n) is 18.7. The van der Waals surface area contributed by atoms with E-state index in [1.165, 1.54) is 29.8 Å². The van der Waals surface area contributed by atoms with E-state index in [1.807, 2.05) is 20.8 Å². The molecule has 0 fully saturated rings. The molecular weight excluding hydrogens is 491 g/mol. The highest BCUT2D eigenvalue weighted by molar-refractivity contribution is 7.92. The van der Waals surface area contributed by atoms with Crippen molar-refractivity contribution in [3.8, 4) is 11.4 Å². The SMILES string of the molecule is Cn1c(CS(C)(=O)=O)nnc1-c1cc(Cl)c(F)cc1NS(=O)(=O)c1ccc(C(C)(C)C)cc1. The molecule has 2 aromatic carbocycles. The number of benzene rings is 2. The molecule has 33 heavy (non-hydrogen) atoms. The van der Waals surface area contributed by atoms with E-state index in [9.17, 15) is 21.2 Å². The van der Waals surface area contributed by atoms with E-state index in [-0.39, 0.29) is 44.0 Å². The molecule has 0 spiro atoms. The fourth-order valence-electron chi connectivity index (χ4n) is 3.11. The predicted octanol–water partition coefficient (Wildman–Crippen LogP) is 3.92. The number of aromatic nitrogens is 3. The summed E-state index contributed by atoms with van der Waals surface area (Å²) in [5, 5.41) is 7.60. The summed E-state index contributed by atoms with van der Waals surface area (Å²) in [6.45, 7) is 6.03. The molecule has 1 N–H and O–H groups in total. The van der Waals surface area contributed by atoms with E-state index in [0.29, 0.717) is 0 Å². The summed E-state index contributed by atoms with van der Waals surface area (Å²) in [6, 6.07) is 8.55. The van der Waals surface area contributed by atoms with Crippen LogP contribution in [0.3, 0.4) is 0 Å². The summed E-state index contributed by atoms with van der Waals surface area (Å²) in [5.74, 6) is -0.942. The maximum Gasteiger partial charge on any atom is 0.261 e. The van der Waals surface area contributed by atoms with E-state index in [0.717, 1.165) is 17.9 Å². The number of nitrogens with zero attached hydrogens (tertiary/aromatic N) is 3. The molecule has 0 aliphatic heterocycles. The molecule has 0 saturated carbocycles. The minimum Gasteiger partial charge on any atom is -0.313 e. The molecule has 1 aromatic heterocycles. The van der Waals surface area contributed by atoms with Crippen molar-refractivity contribution >= 4 is 37.1 Å². The van der Waals surface area contributed by atoms with E-state index in [4.69, 9.17) is 11.6 Å². The molecule has 0 aliphatic rings. The van der Waals surface area contributed by atoms with E-state index in [1.54, 1.807) is 12.1 Å². The van der Waals surface area contributed by atoms with Gasteiger partial charge in [0.25, 0.3) is 10.0 Å². The van der Waals surface area contributed by atoms with Crippen LogP contribution in [0.4, 0.5) is 10.1 Å². The summed E-state index contributed by atoms with van der Waals surface area (Å²) < 4.78 is 67.4. The first-order valence-electron chi connectivity index (χ1n) is 9.77. The fraction of sp³-hybridized carbons (Fsp3) is 0.333. The first-order chi connectivity index (χ1) is 15.1. The van der Waals surface area contributed by atoms with Gasteiger partial charge in [-0.05, 0) is 29.2 Å². The van der Waals surface area contributed by atoms with Crippen LogP contribution in [-0.4, -0.2) is 37.9 Å². The highest BCUT2D eigenvalue weighted by Crippen LogP contribution is 2.34. The Kier molecular flexibility index (Phi) is 6.62. The lowest BCUT2D eigenvalue weighted by molar-refractivity contribution is 0.587. The fourth-order valence-corrected chi connectivity index (χ4v) is 5.06. The Hall–Kier alpha value is -2.50. The third kappa shape index (κ3) is 5.71. The van der Waals surface area contributed by atoms with Gasteiger partial charge < -0.3 is 4.57 Å². The van der Waals surface area contributed by atoms with Crippen molar-refractivity contribution < 1.29 is 21.2 Å². The summed E-state index contributed by atoms with van der Waals surface area (Å²) in [4.78, 5) is -0.00691. The molecule has 0 aliphatic carbocycles. The van der Waals surface area contributed by atoms with Crippen LogP contribution in [-0.2, 0) is 38.1 Å². The highest BCUT2D eigenvalue weighted by atomic mass is 35.5. The largest absolute Gasteiger partial charge is 0.313 e. The Morgan fingerprint density at radius 1 is 1.06 bits per heavy atom. The van der Waals surface area contributed by atoms with Crippen LogP contribution in [0, 0.1) is 5.82 Å². The number of rotatable bonds is 6. The zero-order chi connectivity index (χ0) is 24.8. The van der Waals surface area contributed by atoms with Gasteiger partial charge in [-0.2, -0.15) is 0 Å². The van der Waals surface area contributed by atoms with Gasteiger partial charge in [0.2, 0.25) is 0 Å². The van der Waals surface area contributed by atoms with Crippen molar-refractivity contribution in [1.82, 2.24) is 14.8 Å². The molecule has 0 atom stereocenters. The van der Waals surface area contributed by atoms with Crippen LogP contribution in [0.5, 0.6) is 0 Å². The van der Waals surface area contributed by atoms with Crippen LogP contribution >= 0.6 is 11.6 Å². The van der Waals surface area contributed by atoms with Crippen molar-refractivity contribution in [2.24, 2.45) is 7.05 Å². The van der Waals surface area contributed by atoms with Crippen LogP contribution in [0.25, 0.3) is 11.4 Å². The monoisotopic (exact) mass is 514 g/mol. The molecule has 0 radical (unpaired) electrons. The number of hydrogen-bond acceptors (Lipinski definition) is 6. The maximum atomic E-state index is 14.3. The van der Waals surface area contributed by atoms with Crippen molar-refractivity contribution in [3.05, 3.63) is 58.6 Å². The summed E-state index contributed by atoms with van der Waals surface area (Å²) in [7, 11) is -5.95. The topological polar surface area (TPSA) is 111 Å². The highest BCUT2D eigenvalue weighted by Gasteiger charge is 2.23. The number of nitrogens with one attached hydrogen (secondary N) is 1. The van der Waals surface area contributed by atoms with Gasteiger partial charge in [0.05, 0.1) is 15.6 Å². The lowest BCUT2D eigenvalue weighted by Crippen LogP contribution is -2.16. The molecule has 8 nitrogen and oxygen atoms in total. The molecule has 12 heteroatoms. The normalized spacial score (nSPS) is 12.7. The standard InChI is InChI=1S/C21H24ClFN4O4S2/c1-21(2,3)13-6-8-14(9-7-13)33(30,31)26-18-11-17(23)16(22)10-15(18)20-25-24-19(27(20)4)12-32(5,28)29/h6-11,26H,12H2,1-5H3. The second-order valence-corrected chi connectivity index (χ2v) is 13.0. The van der Waals surface area contributed by atoms with Gasteiger partial charge in [-0.3, -0.25) is 4.72 Å². The Morgan fingerprint density at radius 3 is 2.21 bits per heavy atom. The quantitative estimate of drug-likeness (QED) is 0.533. The maximum absolute atomic E-state index is 14.3. The Morgan fingerprint density at radius 2 is 1.67 bits per heavy atom. The average Bonchev–Trinajstić information content (AvgIpc) is 3.02. The lowest BCUT2D eigenvalue weighted by atomic mass is 9.87. The first-order valence-corrected chi connectivity index (χ1v) is 13.7. The molecule has 3 aromatic rings. The van der Waals surface area contributed by atoms with E-state index in [2.05, 4.69) is 14.9 Å². The number of hydrogen-bond donors (Lipinski definition) is 1. The Balaban J connectivity index is 2.06. The van der Waals surface area contributed by atoms with Crippen LogP contribution in [0.1, 0.15) is 32.2 Å². The van der Waals surface area contributed by atoms with Gasteiger partial charge in [0, 0.05) is 24.9 Å². The van der Waals surface area contributed by atoms with E-state index >= 15 is 0 Å². The van der Waals surface area contributed by atoms with Crippen molar-refractivity contribution in [3.63, 3.8) is 0 Å². The Labute approximate surface area is 197 Å². The van der Waals surface area contributed by atoms with Gasteiger partial charge in [-0.15, -0.1) is 10.2 Å². The molecule has 0 bridgehead atoms. The molecule has 1 heterocycles. The van der Waals surface area contributed by atoms with Crippen LogP contribution in [0.2, 0.25) is 5.02 Å². The number of halogens is 2. The minimum absolute atomic E-state index is 0.00691. The molecule has 0 saturated heterocycles. The van der Waals surface area contributed by atoms with Gasteiger partial charge in [0.15, 0.2) is 15.7 Å². The molecular formula is C21H24ClFN4O4S2. The predicted molar refractivity (Wildman–Crippen MR) is 126 cm³/mol. The van der Waals surface area contributed by atoms with Crippen LogP contribution in [0.15, 0.2) is 41.3 Å². The summed E-state index contributed by atoms with van der Waals surface area (Å²) in [6.07, 6.45) is 1.06. The minimum atomic E-state index is -4.08. The molecule has 0 amide bonds. The Bertz CT molecular complexity index is 1410. The smallest absolute Gasteiger partial charge is 0.261 e. The summed E-state index contributed by atoms with van der Waals surface area (Å²) in [5.41, 5.74) is 0.832. The second-order valence-electron chi connectivity index (χ2n) is 8.76. The lowest BCUT2D eigenvalue weighted by Gasteiger charge is -2.19. The molecule has 178 valence electrons. The molecule has 0 unspecified atom stereocenters. The van der Waals surface area contributed by atoms with E-state index < -0.39 is 25.7 Å². The number of sulfone groups is 1. The van der Waals surface area contributed by atoms with Gasteiger partial charge in [0.1, 0.15) is 17.4 Å². The molecule has 3 rings (SSSR count). The first kappa shape index (κ1) is 25.1. The van der Waals surface area contributed by atoms with Gasteiger partial charge >= 0.3 is 0 Å². The van der Waals surface area contributed by atoms with Crippen LogP contribution < -0.4 is 4.72 Å². The average molecular weight is 515 g/mol. The van der Waals surface area contributed by atoms with Gasteiger partial charge in [-0.25, -0.2) is 21.2 Å². The number of anilines is 1. The third-order valence-electron chi connectivity index (χ3n) is 4.93. The third-order valence-corrected chi connectivity index (χ3v) is 7.39. The van der Waals surface area contributed by atoms with Crippen molar-refractivity contribution in [2.45, 2.75) is 36.8 Å². The van der Waals surface area contributed by atoms with Crippen molar-refractivity contribution in [2.75, 3.05) is 11.0 Å². The summed E-state index contributed by atoms with van der Waals surface area (Å²) >= 11 is 5.94. The number of sulfonamides is 1. The zero-order valence-corrected chi connectivity index (χ0v) is 21.1. The second kappa shape index (κ2) is 8.69. The van der Waals surface area contributed by atoms with Gasteiger partial charge in [-0.1, -0.05) is 44.5 Å². The van der Waals surface area contributed by atoms with Crippen molar-refractivity contribution in [1.29, 1.82) is 0 Å².